The van der Waals surface area contributed by atoms with Gasteiger partial charge in [0.05, 0.1) is 14.2 Å². The molecule has 1 heterocycles. The number of carbonyl (C=O) groups excluding carboxylic acids is 1. The van der Waals surface area contributed by atoms with Crippen molar-refractivity contribution in [2.24, 2.45) is 0 Å². The van der Waals surface area contributed by atoms with E-state index in [0.717, 1.165) is 43.1 Å². The van der Waals surface area contributed by atoms with Gasteiger partial charge in [-0.3, -0.25) is 9.69 Å². The standard InChI is InChI=1S/C22H28N2O3/c1-15-20-14-22(27-4)21(26-3)13-18(20)10-12-24(15)11-9-17-5-7-19(8-6-17)23-16(2)25/h5-8,13-15H,9-12H2,1-4H3,(H,23,25). The van der Waals surface area contributed by atoms with Gasteiger partial charge in [0.15, 0.2) is 11.5 Å². The summed E-state index contributed by atoms with van der Waals surface area (Å²) in [5, 5.41) is 2.80. The van der Waals surface area contributed by atoms with Crippen molar-refractivity contribution < 1.29 is 14.3 Å². The highest BCUT2D eigenvalue weighted by Gasteiger charge is 2.25. The molecule has 0 saturated heterocycles. The van der Waals surface area contributed by atoms with E-state index < -0.39 is 0 Å². The maximum Gasteiger partial charge on any atom is 0.221 e. The Morgan fingerprint density at radius 1 is 1.15 bits per heavy atom. The molecule has 0 bridgehead atoms. The topological polar surface area (TPSA) is 50.8 Å². The molecule has 1 unspecified atom stereocenters. The maximum atomic E-state index is 11.1. The Bertz CT molecular complexity index is 802. The predicted octanol–water partition coefficient (Wildman–Crippen LogP) is 3.82. The lowest BCUT2D eigenvalue weighted by Crippen LogP contribution is -2.35. The van der Waals surface area contributed by atoms with Gasteiger partial charge in [0.25, 0.3) is 0 Å². The molecule has 1 N–H and O–H groups in total. The fourth-order valence-electron chi connectivity index (χ4n) is 3.73. The van der Waals surface area contributed by atoms with Gasteiger partial charge in [-0.1, -0.05) is 12.1 Å². The lowest BCUT2D eigenvalue weighted by molar-refractivity contribution is -0.114. The molecule has 144 valence electrons. The molecule has 0 aromatic heterocycles. The average Bonchev–Trinajstić information content (AvgIpc) is 2.67. The minimum atomic E-state index is -0.0457. The molecule has 5 nitrogen and oxygen atoms in total. The zero-order valence-corrected chi connectivity index (χ0v) is 16.5. The molecule has 0 radical (unpaired) electrons. The second-order valence-corrected chi connectivity index (χ2v) is 7.00. The predicted molar refractivity (Wildman–Crippen MR) is 108 cm³/mol. The summed E-state index contributed by atoms with van der Waals surface area (Å²) in [5.74, 6) is 1.55. The Balaban J connectivity index is 1.66. The first kappa shape index (κ1) is 19.2. The highest BCUT2D eigenvalue weighted by Crippen LogP contribution is 2.37. The molecule has 1 aliphatic heterocycles. The minimum absolute atomic E-state index is 0.0457. The average molecular weight is 368 g/mol. The van der Waals surface area contributed by atoms with Gasteiger partial charge in [0.2, 0.25) is 5.91 Å². The van der Waals surface area contributed by atoms with Crippen LogP contribution in [0.15, 0.2) is 36.4 Å². The Kier molecular flexibility index (Phi) is 6.01. The summed E-state index contributed by atoms with van der Waals surface area (Å²) in [7, 11) is 3.36. The first-order valence-electron chi connectivity index (χ1n) is 9.37. The molecular formula is C22H28N2O3. The van der Waals surface area contributed by atoms with Crippen LogP contribution in [0.25, 0.3) is 0 Å². The summed E-state index contributed by atoms with van der Waals surface area (Å²) in [6, 6.07) is 12.7. The van der Waals surface area contributed by atoms with E-state index in [4.69, 9.17) is 9.47 Å². The third kappa shape index (κ3) is 4.42. The van der Waals surface area contributed by atoms with Gasteiger partial charge in [0.1, 0.15) is 0 Å². The van der Waals surface area contributed by atoms with E-state index in [1.807, 2.05) is 12.1 Å². The zero-order valence-electron chi connectivity index (χ0n) is 16.5. The number of fused-ring (bicyclic) bond motifs is 1. The van der Waals surface area contributed by atoms with Crippen molar-refractivity contribution in [1.29, 1.82) is 0 Å². The van der Waals surface area contributed by atoms with Gasteiger partial charge in [0, 0.05) is 31.7 Å². The highest BCUT2D eigenvalue weighted by atomic mass is 16.5. The number of hydrogen-bond donors (Lipinski definition) is 1. The van der Waals surface area contributed by atoms with Crippen LogP contribution in [0.5, 0.6) is 11.5 Å². The van der Waals surface area contributed by atoms with Crippen LogP contribution >= 0.6 is 0 Å². The maximum absolute atomic E-state index is 11.1. The first-order chi connectivity index (χ1) is 13.0. The van der Waals surface area contributed by atoms with Crippen molar-refractivity contribution in [3.8, 4) is 11.5 Å². The summed E-state index contributed by atoms with van der Waals surface area (Å²) in [6.07, 6.45) is 1.99. The number of hydrogen-bond acceptors (Lipinski definition) is 4. The van der Waals surface area contributed by atoms with Gasteiger partial charge in [-0.2, -0.15) is 0 Å². The lowest BCUT2D eigenvalue weighted by Gasteiger charge is -2.35. The minimum Gasteiger partial charge on any atom is -0.493 e. The molecule has 1 aliphatic rings. The summed E-state index contributed by atoms with van der Waals surface area (Å²) < 4.78 is 10.9. The lowest BCUT2D eigenvalue weighted by atomic mass is 9.92. The zero-order chi connectivity index (χ0) is 19.4. The van der Waals surface area contributed by atoms with E-state index in [0.29, 0.717) is 6.04 Å². The van der Waals surface area contributed by atoms with Crippen molar-refractivity contribution >= 4 is 11.6 Å². The number of nitrogens with zero attached hydrogens (tertiary/aromatic N) is 1. The van der Waals surface area contributed by atoms with E-state index >= 15 is 0 Å². The summed E-state index contributed by atoms with van der Waals surface area (Å²) in [5.41, 5.74) is 4.78. The second kappa shape index (κ2) is 8.44. The SMILES string of the molecule is COc1cc2c(cc1OC)C(C)N(CCc1ccc(NC(C)=O)cc1)CC2. The molecule has 5 heteroatoms. The molecule has 2 aromatic rings. The summed E-state index contributed by atoms with van der Waals surface area (Å²) >= 11 is 0. The monoisotopic (exact) mass is 368 g/mol. The fourth-order valence-corrected chi connectivity index (χ4v) is 3.73. The van der Waals surface area contributed by atoms with Crippen LogP contribution in [0.4, 0.5) is 5.69 Å². The van der Waals surface area contributed by atoms with Crippen LogP contribution in [-0.2, 0) is 17.6 Å². The van der Waals surface area contributed by atoms with Crippen LogP contribution in [0.3, 0.4) is 0 Å². The molecule has 3 rings (SSSR count). The highest BCUT2D eigenvalue weighted by molar-refractivity contribution is 5.88. The summed E-state index contributed by atoms with van der Waals surface area (Å²) in [6.45, 7) is 5.81. The molecule has 1 atom stereocenters. The molecule has 0 spiro atoms. The Hall–Kier alpha value is -2.53. The number of methoxy groups -OCH3 is 2. The molecule has 0 saturated carbocycles. The first-order valence-corrected chi connectivity index (χ1v) is 9.37. The molecule has 0 fully saturated rings. The van der Waals surface area contributed by atoms with Crippen LogP contribution in [-0.4, -0.2) is 38.1 Å². The van der Waals surface area contributed by atoms with Crippen molar-refractivity contribution in [3.05, 3.63) is 53.1 Å². The smallest absolute Gasteiger partial charge is 0.221 e. The van der Waals surface area contributed by atoms with Crippen molar-refractivity contribution in [3.63, 3.8) is 0 Å². The quantitative estimate of drug-likeness (QED) is 0.842. The Labute approximate surface area is 161 Å². The van der Waals surface area contributed by atoms with Gasteiger partial charge in [-0.15, -0.1) is 0 Å². The van der Waals surface area contributed by atoms with E-state index in [2.05, 4.69) is 41.4 Å². The summed E-state index contributed by atoms with van der Waals surface area (Å²) in [4.78, 5) is 13.6. The molecular weight excluding hydrogens is 340 g/mol. The number of nitrogens with one attached hydrogen (secondary N) is 1. The van der Waals surface area contributed by atoms with E-state index in [1.165, 1.54) is 23.6 Å². The second-order valence-electron chi connectivity index (χ2n) is 7.00. The number of ether oxygens (including phenoxy) is 2. The van der Waals surface area contributed by atoms with Crippen molar-refractivity contribution in [2.75, 3.05) is 32.6 Å². The van der Waals surface area contributed by atoms with Gasteiger partial charge < -0.3 is 14.8 Å². The molecule has 2 aromatic carbocycles. The number of carbonyl (C=O) groups is 1. The van der Waals surface area contributed by atoms with Gasteiger partial charge in [-0.05, 0) is 60.7 Å². The van der Waals surface area contributed by atoms with Crippen LogP contribution in [0.2, 0.25) is 0 Å². The van der Waals surface area contributed by atoms with Crippen LogP contribution in [0.1, 0.15) is 36.6 Å². The number of benzene rings is 2. The molecule has 1 amide bonds. The van der Waals surface area contributed by atoms with Crippen LogP contribution in [0, 0.1) is 0 Å². The van der Waals surface area contributed by atoms with Gasteiger partial charge >= 0.3 is 0 Å². The van der Waals surface area contributed by atoms with E-state index in [-0.39, 0.29) is 5.91 Å². The van der Waals surface area contributed by atoms with Crippen LogP contribution < -0.4 is 14.8 Å². The number of amides is 1. The number of rotatable bonds is 6. The van der Waals surface area contributed by atoms with Gasteiger partial charge in [-0.25, -0.2) is 0 Å². The Morgan fingerprint density at radius 3 is 2.44 bits per heavy atom. The molecule has 0 aliphatic carbocycles. The third-order valence-electron chi connectivity index (χ3n) is 5.27. The normalized spacial score (nSPS) is 16.5. The molecule has 27 heavy (non-hydrogen) atoms. The Morgan fingerprint density at radius 2 is 1.81 bits per heavy atom. The van der Waals surface area contributed by atoms with Crippen molar-refractivity contribution in [1.82, 2.24) is 4.90 Å². The largest absolute Gasteiger partial charge is 0.493 e. The van der Waals surface area contributed by atoms with Crippen molar-refractivity contribution in [2.45, 2.75) is 32.7 Å². The fraction of sp³-hybridized carbons (Fsp3) is 0.409. The van der Waals surface area contributed by atoms with E-state index in [1.54, 1.807) is 14.2 Å². The third-order valence-corrected chi connectivity index (χ3v) is 5.27. The number of anilines is 1. The van der Waals surface area contributed by atoms with E-state index in [9.17, 15) is 4.79 Å².